The maximum absolute atomic E-state index is 7.18. The summed E-state index contributed by atoms with van der Waals surface area (Å²) in [7, 11) is 0. The van der Waals surface area contributed by atoms with E-state index in [1.165, 1.54) is 100 Å². The molecule has 69 heavy (non-hydrogen) atoms. The van der Waals surface area contributed by atoms with Crippen molar-refractivity contribution in [1.82, 2.24) is 0 Å². The van der Waals surface area contributed by atoms with E-state index in [2.05, 4.69) is 245 Å². The lowest BCUT2D eigenvalue weighted by Crippen LogP contribution is -2.26. The van der Waals surface area contributed by atoms with Gasteiger partial charge in [0.1, 0.15) is 11.2 Å². The van der Waals surface area contributed by atoms with Gasteiger partial charge in [0.25, 0.3) is 0 Å². The highest BCUT2D eigenvalue weighted by atomic mass is 16.3. The predicted octanol–water partition coefficient (Wildman–Crippen LogP) is 17.7. The molecule has 2 nitrogen and oxygen atoms in total. The van der Waals surface area contributed by atoms with Crippen LogP contribution in [0.25, 0.3) is 77.6 Å². The third-order valence-corrected chi connectivity index (χ3v) is 16.7. The molecule has 0 fully saturated rings. The van der Waals surface area contributed by atoms with E-state index in [1.807, 2.05) is 0 Å². The Balaban J connectivity index is 1.12. The van der Waals surface area contributed by atoms with Crippen LogP contribution in [0.4, 0.5) is 17.1 Å². The van der Waals surface area contributed by atoms with Crippen molar-refractivity contribution >= 4 is 39.0 Å². The first-order valence-electron chi connectivity index (χ1n) is 24.4. The van der Waals surface area contributed by atoms with Gasteiger partial charge in [0.15, 0.2) is 0 Å². The van der Waals surface area contributed by atoms with Crippen molar-refractivity contribution in [3.63, 3.8) is 0 Å². The van der Waals surface area contributed by atoms with E-state index in [4.69, 9.17) is 4.42 Å². The molecule has 0 unspecified atom stereocenters. The Bertz CT molecular complexity index is 3880. The van der Waals surface area contributed by atoms with E-state index < -0.39 is 5.41 Å². The van der Waals surface area contributed by atoms with Crippen LogP contribution in [-0.4, -0.2) is 0 Å². The van der Waals surface area contributed by atoms with E-state index in [0.717, 1.165) is 39.0 Å². The molecule has 4 aliphatic rings. The smallest absolute Gasteiger partial charge is 0.137 e. The van der Waals surface area contributed by atoms with E-state index in [1.54, 1.807) is 0 Å². The van der Waals surface area contributed by atoms with Crippen LogP contribution >= 0.6 is 0 Å². The third-order valence-electron chi connectivity index (χ3n) is 16.7. The Morgan fingerprint density at radius 3 is 1.41 bits per heavy atom. The Hall–Kier alpha value is -8.20. The van der Waals surface area contributed by atoms with Crippen LogP contribution < -0.4 is 4.90 Å². The zero-order valence-electron chi connectivity index (χ0n) is 39.1. The molecule has 326 valence electrons. The van der Waals surface area contributed by atoms with Crippen LogP contribution in [0.1, 0.15) is 72.2 Å². The first-order valence-corrected chi connectivity index (χ1v) is 24.4. The summed E-state index contributed by atoms with van der Waals surface area (Å²) in [5, 5.41) is 2.22. The van der Waals surface area contributed by atoms with Crippen LogP contribution in [0.5, 0.6) is 0 Å². The first-order chi connectivity index (χ1) is 33.7. The average Bonchev–Trinajstić information content (AvgIpc) is 4.13. The average molecular weight is 882 g/mol. The second-order valence-corrected chi connectivity index (χ2v) is 20.7. The lowest BCUT2D eigenvalue weighted by atomic mass is 9.70. The lowest BCUT2D eigenvalue weighted by Gasteiger charge is -2.33. The molecule has 0 saturated carbocycles. The molecule has 10 aromatic carbocycles. The molecule has 0 saturated heterocycles. The summed E-state index contributed by atoms with van der Waals surface area (Å²) in [6.07, 6.45) is 0. The third kappa shape index (κ3) is 4.91. The van der Waals surface area contributed by atoms with Gasteiger partial charge < -0.3 is 9.32 Å². The minimum atomic E-state index is -0.607. The molecule has 11 aromatic rings. The van der Waals surface area contributed by atoms with E-state index in [0.29, 0.717) is 0 Å². The number of hydrogen-bond acceptors (Lipinski definition) is 2. The first kappa shape index (κ1) is 38.9. The molecule has 1 heterocycles. The molecule has 0 amide bonds. The highest BCUT2D eigenvalue weighted by molar-refractivity contribution is 6.20. The number of anilines is 3. The molecule has 0 bridgehead atoms. The van der Waals surface area contributed by atoms with E-state index in [-0.39, 0.29) is 10.8 Å². The van der Waals surface area contributed by atoms with Gasteiger partial charge in [0.2, 0.25) is 0 Å². The molecule has 15 rings (SSSR count). The van der Waals surface area contributed by atoms with Crippen LogP contribution in [-0.2, 0) is 16.2 Å². The highest BCUT2D eigenvalue weighted by Crippen LogP contribution is 2.67. The van der Waals surface area contributed by atoms with Gasteiger partial charge in [-0.3, -0.25) is 0 Å². The summed E-state index contributed by atoms with van der Waals surface area (Å²) in [5.41, 5.74) is 27.4. The molecule has 0 aliphatic heterocycles. The molecule has 0 N–H and O–H groups in total. The number of benzene rings is 10. The van der Waals surface area contributed by atoms with Crippen LogP contribution in [0.3, 0.4) is 0 Å². The number of hydrogen-bond donors (Lipinski definition) is 0. The number of para-hydroxylation sites is 1. The van der Waals surface area contributed by atoms with Gasteiger partial charge in [-0.1, -0.05) is 198 Å². The fraction of sp³-hybridized carbons (Fsp3) is 0.104. The van der Waals surface area contributed by atoms with Gasteiger partial charge in [0, 0.05) is 33.2 Å². The van der Waals surface area contributed by atoms with E-state index >= 15 is 0 Å². The molecule has 4 aliphatic carbocycles. The van der Waals surface area contributed by atoms with Gasteiger partial charge in [-0.2, -0.15) is 0 Å². The van der Waals surface area contributed by atoms with Crippen molar-refractivity contribution in [2.24, 2.45) is 0 Å². The Kier molecular flexibility index (Phi) is 7.60. The van der Waals surface area contributed by atoms with E-state index in [9.17, 15) is 0 Å². The van der Waals surface area contributed by atoms with Gasteiger partial charge in [-0.05, 0) is 137 Å². The number of rotatable bonds is 4. The summed E-state index contributed by atoms with van der Waals surface area (Å²) >= 11 is 0. The number of fused-ring (bicyclic) bond motifs is 19. The fourth-order valence-electron chi connectivity index (χ4n) is 13.6. The zero-order chi connectivity index (χ0) is 46.0. The minimum Gasteiger partial charge on any atom is -0.456 e. The summed E-state index contributed by atoms with van der Waals surface area (Å²) in [5.74, 6) is 0. The second-order valence-electron chi connectivity index (χ2n) is 20.7. The van der Waals surface area contributed by atoms with Gasteiger partial charge in [-0.15, -0.1) is 0 Å². The monoisotopic (exact) mass is 881 g/mol. The topological polar surface area (TPSA) is 16.4 Å². The maximum Gasteiger partial charge on any atom is 0.137 e. The maximum atomic E-state index is 7.18. The summed E-state index contributed by atoms with van der Waals surface area (Å²) in [4.78, 5) is 2.62. The zero-order valence-corrected chi connectivity index (χ0v) is 39.1. The Morgan fingerprint density at radius 1 is 0.333 bits per heavy atom. The summed E-state index contributed by atoms with van der Waals surface area (Å²) in [6.45, 7) is 9.57. The fourth-order valence-corrected chi connectivity index (χ4v) is 13.6. The second kappa shape index (κ2) is 13.5. The molecule has 1 spiro atoms. The largest absolute Gasteiger partial charge is 0.456 e. The van der Waals surface area contributed by atoms with Crippen molar-refractivity contribution in [2.75, 3.05) is 4.90 Å². The highest BCUT2D eigenvalue weighted by Gasteiger charge is 2.53. The van der Waals surface area contributed by atoms with Crippen molar-refractivity contribution < 1.29 is 4.42 Å². The Morgan fingerprint density at radius 2 is 0.812 bits per heavy atom. The molecular formula is C67H47NO. The van der Waals surface area contributed by atoms with Crippen LogP contribution in [0, 0.1) is 0 Å². The summed E-state index contributed by atoms with van der Waals surface area (Å²) in [6, 6.07) is 80.0. The summed E-state index contributed by atoms with van der Waals surface area (Å²) < 4.78 is 7.18. The lowest BCUT2D eigenvalue weighted by molar-refractivity contribution is 0.660. The molecular weight excluding hydrogens is 835 g/mol. The van der Waals surface area contributed by atoms with Gasteiger partial charge in [-0.25, -0.2) is 0 Å². The molecule has 0 radical (unpaired) electrons. The minimum absolute atomic E-state index is 0.204. The predicted molar refractivity (Wildman–Crippen MR) is 285 cm³/mol. The van der Waals surface area contributed by atoms with Gasteiger partial charge in [0.05, 0.1) is 16.5 Å². The Labute approximate surface area is 402 Å². The van der Waals surface area contributed by atoms with Crippen molar-refractivity contribution in [1.29, 1.82) is 0 Å². The SMILES string of the molecule is CC1(C)c2ccccc2-c2ccc(N(c3ccc4c(c3)C(C)(C)c3ccccc3-4)c3c4c(cc5oc6ccccc6c35)C3(c5ccccc5-c5ccccc53)c3ccc(-c5ccccc5)cc3-4)cc21. The van der Waals surface area contributed by atoms with Crippen molar-refractivity contribution in [3.8, 4) is 55.6 Å². The standard InChI is InChI=1S/C67H47NO/c1-65(2)52-25-13-8-20-44(52)48-33-31-42(37-57(48)65)68(43-32-34-49-45-21-9-14-26-53(45)66(3,4)58(49)38-43)64-62-51-36-41(40-18-6-5-7-19-40)30-35-56(51)67(54-27-15-10-22-46(54)47-23-11-16-28-55(47)67)59(62)39-61-63(64)50-24-12-17-29-60(50)69-61/h5-39H,1-4H3. The number of furan rings is 1. The quantitative estimate of drug-likeness (QED) is 0.175. The van der Waals surface area contributed by atoms with Crippen LogP contribution in [0.2, 0.25) is 0 Å². The normalized spacial score (nSPS) is 15.3. The number of nitrogens with zero attached hydrogens (tertiary/aromatic N) is 1. The van der Waals surface area contributed by atoms with Crippen molar-refractivity contribution in [3.05, 3.63) is 257 Å². The van der Waals surface area contributed by atoms with Crippen molar-refractivity contribution in [2.45, 2.75) is 43.9 Å². The molecule has 2 heteroatoms. The molecule has 1 aromatic heterocycles. The van der Waals surface area contributed by atoms with Gasteiger partial charge >= 0.3 is 0 Å². The molecule has 0 atom stereocenters. The van der Waals surface area contributed by atoms with Crippen LogP contribution in [0.15, 0.2) is 217 Å².